The van der Waals surface area contributed by atoms with E-state index in [4.69, 9.17) is 10.00 Å². The van der Waals surface area contributed by atoms with Gasteiger partial charge in [0.25, 0.3) is 0 Å². The van der Waals surface area contributed by atoms with E-state index in [0.717, 1.165) is 17.0 Å². The van der Waals surface area contributed by atoms with Crippen LogP contribution in [-0.2, 0) is 0 Å². The highest BCUT2D eigenvalue weighted by Gasteiger charge is 2.19. The Kier molecular flexibility index (Phi) is 5.82. The molecule has 2 aromatic carbocycles. The fourth-order valence-electron chi connectivity index (χ4n) is 3.19. The SMILES string of the molecule is COc1ccc(-c2csc(-n3[nH]c(-c4ccc(C#N)cc4)c(N=Nc4nccs4)c3=O)n2)cc1. The summed E-state index contributed by atoms with van der Waals surface area (Å²) in [5.74, 6) is 0.752. The Morgan fingerprint density at radius 1 is 1.06 bits per heavy atom. The number of nitrogens with zero attached hydrogens (tertiary/aromatic N) is 6. The van der Waals surface area contributed by atoms with Gasteiger partial charge in [0.1, 0.15) is 5.75 Å². The van der Waals surface area contributed by atoms with E-state index in [0.29, 0.717) is 27.1 Å². The number of ether oxygens (including phenoxy) is 1. The third-order valence-corrected chi connectivity index (χ3v) is 6.37. The van der Waals surface area contributed by atoms with Crippen molar-refractivity contribution in [3.05, 3.63) is 81.4 Å². The molecule has 0 atom stereocenters. The normalized spacial score (nSPS) is 11.1. The molecule has 0 radical (unpaired) electrons. The van der Waals surface area contributed by atoms with E-state index >= 15 is 0 Å². The number of aromatic nitrogens is 4. The van der Waals surface area contributed by atoms with Crippen LogP contribution in [0.2, 0.25) is 0 Å². The van der Waals surface area contributed by atoms with Crippen LogP contribution in [0.3, 0.4) is 0 Å². The van der Waals surface area contributed by atoms with Crippen LogP contribution in [0.1, 0.15) is 5.56 Å². The number of methoxy groups -OCH3 is 1. The smallest absolute Gasteiger partial charge is 0.301 e. The number of H-pyrrole nitrogens is 1. The Balaban J connectivity index is 1.58. The van der Waals surface area contributed by atoms with Gasteiger partial charge >= 0.3 is 5.56 Å². The molecule has 0 saturated carbocycles. The van der Waals surface area contributed by atoms with Crippen molar-refractivity contribution in [3.63, 3.8) is 0 Å². The molecule has 166 valence electrons. The second kappa shape index (κ2) is 9.22. The van der Waals surface area contributed by atoms with Crippen LogP contribution in [0.15, 0.2) is 80.5 Å². The second-order valence-corrected chi connectivity index (χ2v) is 8.63. The topological polar surface area (TPSA) is 121 Å². The zero-order valence-electron chi connectivity index (χ0n) is 17.7. The zero-order valence-corrected chi connectivity index (χ0v) is 19.3. The Morgan fingerprint density at radius 2 is 1.82 bits per heavy atom. The van der Waals surface area contributed by atoms with E-state index in [2.05, 4.69) is 31.4 Å². The molecule has 1 N–H and O–H groups in total. The number of azo groups is 1. The Bertz CT molecular complexity index is 1560. The number of nitriles is 1. The zero-order chi connectivity index (χ0) is 23.5. The van der Waals surface area contributed by atoms with Gasteiger partial charge in [-0.15, -0.1) is 32.9 Å². The van der Waals surface area contributed by atoms with Crippen LogP contribution in [0.25, 0.3) is 27.6 Å². The van der Waals surface area contributed by atoms with E-state index in [1.165, 1.54) is 27.4 Å². The lowest BCUT2D eigenvalue weighted by Crippen LogP contribution is -2.13. The molecule has 0 aliphatic heterocycles. The molecular formula is C23H15N7O2S2. The third kappa shape index (κ3) is 4.15. The van der Waals surface area contributed by atoms with Crippen molar-refractivity contribution in [2.24, 2.45) is 10.2 Å². The molecule has 0 aliphatic carbocycles. The number of benzene rings is 2. The predicted octanol–water partition coefficient (Wildman–Crippen LogP) is 5.71. The maximum Gasteiger partial charge on any atom is 0.301 e. The van der Waals surface area contributed by atoms with Gasteiger partial charge in [-0.1, -0.05) is 12.1 Å². The molecule has 9 nitrogen and oxygen atoms in total. The quantitative estimate of drug-likeness (QED) is 0.309. The maximum absolute atomic E-state index is 13.3. The minimum Gasteiger partial charge on any atom is -0.497 e. The minimum atomic E-state index is -0.393. The first-order valence-electron chi connectivity index (χ1n) is 9.93. The first-order chi connectivity index (χ1) is 16.7. The monoisotopic (exact) mass is 485 g/mol. The van der Waals surface area contributed by atoms with Crippen molar-refractivity contribution in [2.45, 2.75) is 0 Å². The lowest BCUT2D eigenvalue weighted by atomic mass is 10.1. The first kappa shape index (κ1) is 21.4. The van der Waals surface area contributed by atoms with Gasteiger partial charge < -0.3 is 4.74 Å². The van der Waals surface area contributed by atoms with Crippen molar-refractivity contribution >= 4 is 33.5 Å². The molecule has 0 aliphatic rings. The minimum absolute atomic E-state index is 0.126. The molecule has 0 spiro atoms. The largest absolute Gasteiger partial charge is 0.497 e. The molecule has 3 heterocycles. The van der Waals surface area contributed by atoms with Gasteiger partial charge in [-0.2, -0.15) is 9.94 Å². The molecule has 0 bridgehead atoms. The predicted molar refractivity (Wildman–Crippen MR) is 130 cm³/mol. The van der Waals surface area contributed by atoms with Crippen LogP contribution in [-0.4, -0.2) is 26.9 Å². The van der Waals surface area contributed by atoms with Gasteiger partial charge in [-0.3, -0.25) is 9.89 Å². The fourth-order valence-corrected chi connectivity index (χ4v) is 4.43. The summed E-state index contributed by atoms with van der Waals surface area (Å²) >= 11 is 2.64. The molecular weight excluding hydrogens is 470 g/mol. The van der Waals surface area contributed by atoms with Crippen molar-refractivity contribution < 1.29 is 4.74 Å². The van der Waals surface area contributed by atoms with Crippen LogP contribution >= 0.6 is 22.7 Å². The molecule has 5 aromatic rings. The summed E-state index contributed by atoms with van der Waals surface area (Å²) in [5, 5.41) is 25.1. The first-order valence-corrected chi connectivity index (χ1v) is 11.7. The summed E-state index contributed by atoms with van der Waals surface area (Å²) in [7, 11) is 1.61. The molecule has 0 unspecified atom stereocenters. The van der Waals surface area contributed by atoms with E-state index in [-0.39, 0.29) is 5.69 Å². The fraction of sp³-hybridized carbons (Fsp3) is 0.0435. The van der Waals surface area contributed by atoms with Gasteiger partial charge in [0.2, 0.25) is 10.3 Å². The molecule has 3 aromatic heterocycles. The lowest BCUT2D eigenvalue weighted by Gasteiger charge is -2.01. The van der Waals surface area contributed by atoms with Crippen molar-refractivity contribution in [3.8, 4) is 39.5 Å². The summed E-state index contributed by atoms with van der Waals surface area (Å²) in [6.07, 6.45) is 1.62. The van der Waals surface area contributed by atoms with Crippen LogP contribution in [0.5, 0.6) is 5.75 Å². The highest BCUT2D eigenvalue weighted by molar-refractivity contribution is 7.13. The molecule has 0 amide bonds. The maximum atomic E-state index is 13.3. The Labute approximate surface area is 201 Å². The number of thiazole rings is 2. The van der Waals surface area contributed by atoms with E-state index in [9.17, 15) is 4.79 Å². The second-order valence-electron chi connectivity index (χ2n) is 6.92. The van der Waals surface area contributed by atoms with Gasteiger partial charge in [-0.05, 0) is 36.4 Å². The highest BCUT2D eigenvalue weighted by atomic mass is 32.1. The summed E-state index contributed by atoms with van der Waals surface area (Å²) < 4.78 is 6.56. The van der Waals surface area contributed by atoms with Crippen molar-refractivity contribution in [1.29, 1.82) is 5.26 Å². The van der Waals surface area contributed by atoms with Gasteiger partial charge in [-0.25, -0.2) is 9.97 Å². The summed E-state index contributed by atoms with van der Waals surface area (Å²) in [5.41, 5.74) is 3.04. The number of rotatable bonds is 6. The van der Waals surface area contributed by atoms with Gasteiger partial charge in [0.15, 0.2) is 5.69 Å². The van der Waals surface area contributed by atoms with Crippen LogP contribution < -0.4 is 10.3 Å². The molecule has 11 heteroatoms. The summed E-state index contributed by atoms with van der Waals surface area (Å²) in [4.78, 5) is 22.1. The standard InChI is InChI=1S/C23H15N7O2S2/c1-32-17-8-6-15(7-9-17)18-13-34-23(26-18)30-21(31)20(27-28-22-25-10-11-33-22)19(29-30)16-4-2-14(12-24)3-5-16/h2-11,13,29H,1H3. The van der Waals surface area contributed by atoms with Crippen LogP contribution in [0, 0.1) is 11.3 Å². The van der Waals surface area contributed by atoms with Gasteiger partial charge in [0.05, 0.1) is 30.1 Å². The summed E-state index contributed by atoms with van der Waals surface area (Å²) in [6, 6.07) is 16.5. The van der Waals surface area contributed by atoms with Gasteiger partial charge in [0, 0.05) is 28.1 Å². The third-order valence-electron chi connectivity index (χ3n) is 4.89. The van der Waals surface area contributed by atoms with E-state index in [1.54, 1.807) is 43.0 Å². The molecule has 0 fully saturated rings. The van der Waals surface area contributed by atoms with Crippen molar-refractivity contribution in [2.75, 3.05) is 7.11 Å². The summed E-state index contributed by atoms with van der Waals surface area (Å²) in [6.45, 7) is 0. The number of hydrogen-bond acceptors (Lipinski definition) is 9. The number of nitrogens with one attached hydrogen (secondary N) is 1. The highest BCUT2D eigenvalue weighted by Crippen LogP contribution is 2.30. The number of hydrogen-bond donors (Lipinski definition) is 1. The average Bonchev–Trinajstić information content (AvgIpc) is 3.64. The van der Waals surface area contributed by atoms with E-state index < -0.39 is 5.56 Å². The van der Waals surface area contributed by atoms with Crippen molar-refractivity contribution in [1.82, 2.24) is 19.7 Å². The Morgan fingerprint density at radius 3 is 2.50 bits per heavy atom. The molecule has 34 heavy (non-hydrogen) atoms. The van der Waals surface area contributed by atoms with E-state index in [1.807, 2.05) is 29.6 Å². The molecule has 0 saturated heterocycles. The average molecular weight is 486 g/mol. The van der Waals surface area contributed by atoms with Crippen LogP contribution in [0.4, 0.5) is 10.8 Å². The Hall–Kier alpha value is -4.40. The number of aromatic amines is 1. The lowest BCUT2D eigenvalue weighted by molar-refractivity contribution is 0.415. The molecule has 5 rings (SSSR count).